The van der Waals surface area contributed by atoms with Gasteiger partial charge in [-0.25, -0.2) is 0 Å². The average molecular weight is 223 g/mol. The molecule has 2 aromatic carbocycles. The van der Waals surface area contributed by atoms with Gasteiger partial charge < -0.3 is 11.1 Å². The van der Waals surface area contributed by atoms with Crippen LogP contribution in [0.2, 0.25) is 0 Å². The van der Waals surface area contributed by atoms with Crippen LogP contribution in [0, 0.1) is 18.3 Å². The predicted octanol–water partition coefficient (Wildman–Crippen LogP) is 3.19. The molecule has 0 heterocycles. The topological polar surface area (TPSA) is 61.8 Å². The zero-order valence-electron chi connectivity index (χ0n) is 9.57. The van der Waals surface area contributed by atoms with Gasteiger partial charge in [0.2, 0.25) is 0 Å². The molecule has 0 fully saturated rings. The molecule has 0 radical (unpaired) electrons. The van der Waals surface area contributed by atoms with Crippen molar-refractivity contribution >= 4 is 17.1 Å². The summed E-state index contributed by atoms with van der Waals surface area (Å²) in [4.78, 5) is 0. The lowest BCUT2D eigenvalue weighted by Gasteiger charge is -2.10. The molecule has 0 amide bonds. The Kier molecular flexibility index (Phi) is 2.97. The quantitative estimate of drug-likeness (QED) is 0.768. The van der Waals surface area contributed by atoms with E-state index in [1.165, 1.54) is 0 Å². The van der Waals surface area contributed by atoms with Gasteiger partial charge in [-0.2, -0.15) is 5.26 Å². The molecule has 3 nitrogen and oxygen atoms in total. The van der Waals surface area contributed by atoms with Crippen LogP contribution in [0.1, 0.15) is 11.1 Å². The third-order valence-corrected chi connectivity index (χ3v) is 2.53. The van der Waals surface area contributed by atoms with E-state index in [-0.39, 0.29) is 0 Å². The van der Waals surface area contributed by atoms with Crippen LogP contribution < -0.4 is 11.1 Å². The van der Waals surface area contributed by atoms with E-state index in [0.29, 0.717) is 5.56 Å². The van der Waals surface area contributed by atoms with Crippen molar-refractivity contribution in [3.05, 3.63) is 53.6 Å². The van der Waals surface area contributed by atoms with E-state index in [4.69, 9.17) is 11.0 Å². The minimum Gasteiger partial charge on any atom is -0.399 e. The number of nitriles is 1. The maximum atomic E-state index is 8.83. The molecule has 0 saturated carbocycles. The van der Waals surface area contributed by atoms with Gasteiger partial charge in [-0.05, 0) is 42.8 Å². The minimum absolute atomic E-state index is 0.636. The van der Waals surface area contributed by atoms with Gasteiger partial charge in [0.05, 0.1) is 11.6 Å². The van der Waals surface area contributed by atoms with Gasteiger partial charge in [0.25, 0.3) is 0 Å². The summed E-state index contributed by atoms with van der Waals surface area (Å²) >= 11 is 0. The van der Waals surface area contributed by atoms with Crippen molar-refractivity contribution in [2.24, 2.45) is 0 Å². The Balaban J connectivity index is 2.31. The van der Waals surface area contributed by atoms with Gasteiger partial charge in [0.1, 0.15) is 0 Å². The highest BCUT2D eigenvalue weighted by atomic mass is 14.9. The first-order valence-corrected chi connectivity index (χ1v) is 5.32. The average Bonchev–Trinajstić information content (AvgIpc) is 2.34. The summed E-state index contributed by atoms with van der Waals surface area (Å²) in [5.41, 5.74) is 10.1. The molecule has 0 saturated heterocycles. The summed E-state index contributed by atoms with van der Waals surface area (Å²) in [5.74, 6) is 0. The molecule has 84 valence electrons. The normalized spacial score (nSPS) is 9.65. The Morgan fingerprint density at radius 1 is 1.18 bits per heavy atom. The van der Waals surface area contributed by atoms with Gasteiger partial charge in [0, 0.05) is 17.1 Å². The summed E-state index contributed by atoms with van der Waals surface area (Å²) in [7, 11) is 0. The van der Waals surface area contributed by atoms with Crippen LogP contribution in [-0.2, 0) is 0 Å². The summed E-state index contributed by atoms with van der Waals surface area (Å²) < 4.78 is 0. The first kappa shape index (κ1) is 11.0. The first-order valence-electron chi connectivity index (χ1n) is 5.32. The highest BCUT2D eigenvalue weighted by Gasteiger charge is 2.00. The van der Waals surface area contributed by atoms with Gasteiger partial charge in [-0.15, -0.1) is 0 Å². The lowest BCUT2D eigenvalue weighted by Crippen LogP contribution is -1.95. The molecule has 0 atom stereocenters. The summed E-state index contributed by atoms with van der Waals surface area (Å²) in [6, 6.07) is 15.2. The number of anilines is 3. The van der Waals surface area contributed by atoms with Crippen LogP contribution in [0.15, 0.2) is 42.5 Å². The third-order valence-electron chi connectivity index (χ3n) is 2.53. The van der Waals surface area contributed by atoms with Crippen molar-refractivity contribution in [1.82, 2.24) is 0 Å². The fourth-order valence-corrected chi connectivity index (χ4v) is 1.60. The minimum atomic E-state index is 0.636. The Morgan fingerprint density at radius 3 is 2.76 bits per heavy atom. The largest absolute Gasteiger partial charge is 0.399 e. The number of nitrogen functional groups attached to an aromatic ring is 1. The predicted molar refractivity (Wildman–Crippen MR) is 70.0 cm³/mol. The van der Waals surface area contributed by atoms with Crippen molar-refractivity contribution in [3.63, 3.8) is 0 Å². The van der Waals surface area contributed by atoms with Crippen LogP contribution in [0.4, 0.5) is 17.1 Å². The van der Waals surface area contributed by atoms with Crippen molar-refractivity contribution in [1.29, 1.82) is 5.26 Å². The zero-order valence-corrected chi connectivity index (χ0v) is 9.57. The zero-order chi connectivity index (χ0) is 12.3. The van der Waals surface area contributed by atoms with Crippen molar-refractivity contribution in [2.75, 3.05) is 11.1 Å². The van der Waals surface area contributed by atoms with Gasteiger partial charge in [-0.3, -0.25) is 0 Å². The standard InChI is InChI=1S/C14H13N3/c1-10-5-6-12(16)8-14(10)17-13-4-2-3-11(7-13)9-15/h2-8,17H,16H2,1H3. The number of hydrogen-bond acceptors (Lipinski definition) is 3. The van der Waals surface area contributed by atoms with Crippen LogP contribution >= 0.6 is 0 Å². The molecule has 3 heteroatoms. The first-order chi connectivity index (χ1) is 8.19. The molecule has 3 N–H and O–H groups in total. The second kappa shape index (κ2) is 4.58. The van der Waals surface area contributed by atoms with E-state index < -0.39 is 0 Å². The number of nitrogens with two attached hydrogens (primary N) is 1. The van der Waals surface area contributed by atoms with E-state index in [9.17, 15) is 0 Å². The number of benzene rings is 2. The van der Waals surface area contributed by atoms with E-state index in [2.05, 4.69) is 11.4 Å². The molecule has 0 aliphatic rings. The van der Waals surface area contributed by atoms with Crippen molar-refractivity contribution < 1.29 is 0 Å². The number of nitrogens with zero attached hydrogens (tertiary/aromatic N) is 1. The highest BCUT2D eigenvalue weighted by molar-refractivity contribution is 5.67. The molecule has 0 unspecified atom stereocenters. The highest BCUT2D eigenvalue weighted by Crippen LogP contribution is 2.23. The number of rotatable bonds is 2. The Bertz CT molecular complexity index is 582. The fraction of sp³-hybridized carbons (Fsp3) is 0.0714. The van der Waals surface area contributed by atoms with Gasteiger partial charge >= 0.3 is 0 Å². The van der Waals surface area contributed by atoms with Crippen LogP contribution in [0.3, 0.4) is 0 Å². The number of aryl methyl sites for hydroxylation is 1. The molecule has 17 heavy (non-hydrogen) atoms. The summed E-state index contributed by atoms with van der Waals surface area (Å²) in [6.07, 6.45) is 0. The lowest BCUT2D eigenvalue weighted by molar-refractivity contribution is 1.42. The molecule has 2 rings (SSSR count). The maximum absolute atomic E-state index is 8.83. The van der Waals surface area contributed by atoms with E-state index in [1.807, 2.05) is 43.3 Å². The molecule has 0 spiro atoms. The van der Waals surface area contributed by atoms with Gasteiger partial charge in [0.15, 0.2) is 0 Å². The monoisotopic (exact) mass is 223 g/mol. The van der Waals surface area contributed by atoms with E-state index >= 15 is 0 Å². The van der Waals surface area contributed by atoms with Crippen LogP contribution in [-0.4, -0.2) is 0 Å². The Hall–Kier alpha value is -2.47. The molecular weight excluding hydrogens is 210 g/mol. The molecule has 0 aromatic heterocycles. The SMILES string of the molecule is Cc1ccc(N)cc1Nc1cccc(C#N)c1. The smallest absolute Gasteiger partial charge is 0.0992 e. The second-order valence-electron chi connectivity index (χ2n) is 3.89. The molecule has 0 bridgehead atoms. The maximum Gasteiger partial charge on any atom is 0.0992 e. The fourth-order valence-electron chi connectivity index (χ4n) is 1.60. The van der Waals surface area contributed by atoms with Crippen molar-refractivity contribution in [2.45, 2.75) is 6.92 Å². The van der Waals surface area contributed by atoms with E-state index in [1.54, 1.807) is 6.07 Å². The molecule has 0 aliphatic carbocycles. The number of hydrogen-bond donors (Lipinski definition) is 2. The Morgan fingerprint density at radius 2 is 2.00 bits per heavy atom. The lowest BCUT2D eigenvalue weighted by atomic mass is 10.1. The third kappa shape index (κ3) is 2.56. The van der Waals surface area contributed by atoms with Crippen LogP contribution in [0.25, 0.3) is 0 Å². The second-order valence-corrected chi connectivity index (χ2v) is 3.89. The summed E-state index contributed by atoms with van der Waals surface area (Å²) in [6.45, 7) is 2.01. The van der Waals surface area contributed by atoms with Crippen molar-refractivity contribution in [3.8, 4) is 6.07 Å². The molecular formula is C14H13N3. The molecule has 2 aromatic rings. The summed E-state index contributed by atoms with van der Waals surface area (Å²) in [5, 5.41) is 12.1. The number of nitrogens with one attached hydrogen (secondary N) is 1. The Labute approximate surface area is 101 Å². The van der Waals surface area contributed by atoms with E-state index in [0.717, 1.165) is 22.6 Å². The molecule has 0 aliphatic heterocycles. The van der Waals surface area contributed by atoms with Crippen LogP contribution in [0.5, 0.6) is 0 Å². The van der Waals surface area contributed by atoms with Gasteiger partial charge in [-0.1, -0.05) is 12.1 Å².